The summed E-state index contributed by atoms with van der Waals surface area (Å²) in [6, 6.07) is 33.5. The molecular weight excluding hydrogens is 532 g/mol. The Labute approximate surface area is 252 Å². The summed E-state index contributed by atoms with van der Waals surface area (Å²) in [5.74, 6) is 0.235. The summed E-state index contributed by atoms with van der Waals surface area (Å²) in [5.41, 5.74) is 10.5. The van der Waals surface area contributed by atoms with E-state index in [4.69, 9.17) is 4.98 Å². The Bertz CT molecular complexity index is 1890. The zero-order chi connectivity index (χ0) is 29.6. The Morgan fingerprint density at radius 3 is 1.98 bits per heavy atom. The molecular formula is C38H36N2OS. The topological polar surface area (TPSA) is 46.0 Å². The maximum Gasteiger partial charge on any atom is 0.128 e. The number of hydrogen-bond acceptors (Lipinski definition) is 4. The molecule has 0 radical (unpaired) electrons. The molecule has 210 valence electrons. The van der Waals surface area contributed by atoms with Crippen molar-refractivity contribution in [3.05, 3.63) is 114 Å². The van der Waals surface area contributed by atoms with Gasteiger partial charge in [0, 0.05) is 17.3 Å². The maximum absolute atomic E-state index is 11.0. The lowest BCUT2D eigenvalue weighted by Crippen LogP contribution is -2.12. The number of thiazole rings is 1. The van der Waals surface area contributed by atoms with Crippen LogP contribution in [-0.4, -0.2) is 15.1 Å². The second kappa shape index (κ2) is 10.5. The molecule has 0 atom stereocenters. The zero-order valence-corrected chi connectivity index (χ0v) is 25.9. The van der Waals surface area contributed by atoms with Crippen LogP contribution in [0.25, 0.3) is 54.3 Å². The summed E-state index contributed by atoms with van der Waals surface area (Å²) < 4.78 is 1.11. The first-order chi connectivity index (χ1) is 20.0. The van der Waals surface area contributed by atoms with Gasteiger partial charge in [-0.15, -0.1) is 11.3 Å². The Hall–Kier alpha value is -4.28. The first-order valence-electron chi connectivity index (χ1n) is 14.4. The summed E-state index contributed by atoms with van der Waals surface area (Å²) in [4.78, 5) is 9.89. The molecule has 2 heterocycles. The van der Waals surface area contributed by atoms with Gasteiger partial charge in [0.1, 0.15) is 10.8 Å². The maximum atomic E-state index is 11.0. The molecule has 0 spiro atoms. The van der Waals surface area contributed by atoms with Crippen LogP contribution in [0.3, 0.4) is 0 Å². The van der Waals surface area contributed by atoms with Crippen LogP contribution in [0.2, 0.25) is 0 Å². The predicted octanol–water partition coefficient (Wildman–Crippen LogP) is 10.7. The fourth-order valence-electron chi connectivity index (χ4n) is 5.21. The number of rotatable bonds is 4. The van der Waals surface area contributed by atoms with E-state index in [1.807, 2.05) is 48.7 Å². The summed E-state index contributed by atoms with van der Waals surface area (Å²) in [7, 11) is 0. The van der Waals surface area contributed by atoms with Gasteiger partial charge in [0.2, 0.25) is 0 Å². The molecule has 42 heavy (non-hydrogen) atoms. The quantitative estimate of drug-likeness (QED) is 0.230. The average Bonchev–Trinajstić information content (AvgIpc) is 3.41. The van der Waals surface area contributed by atoms with Gasteiger partial charge in [-0.1, -0.05) is 90.1 Å². The van der Waals surface area contributed by atoms with Crippen molar-refractivity contribution in [1.82, 2.24) is 9.97 Å². The minimum absolute atomic E-state index is 0.0444. The first kappa shape index (κ1) is 27.9. The van der Waals surface area contributed by atoms with Gasteiger partial charge >= 0.3 is 0 Å². The van der Waals surface area contributed by atoms with E-state index in [-0.39, 0.29) is 16.6 Å². The summed E-state index contributed by atoms with van der Waals surface area (Å²) >= 11 is 1.63. The van der Waals surface area contributed by atoms with Gasteiger partial charge < -0.3 is 5.11 Å². The molecule has 6 aromatic rings. The third-order valence-electron chi connectivity index (χ3n) is 7.77. The van der Waals surface area contributed by atoms with Gasteiger partial charge in [0.05, 0.1) is 21.5 Å². The number of benzene rings is 4. The minimum atomic E-state index is -0.0477. The molecule has 0 unspecified atom stereocenters. The Morgan fingerprint density at radius 1 is 0.595 bits per heavy atom. The molecule has 6 rings (SSSR count). The number of aromatic hydroxyl groups is 1. The van der Waals surface area contributed by atoms with Crippen molar-refractivity contribution < 1.29 is 5.11 Å². The van der Waals surface area contributed by atoms with Crippen molar-refractivity contribution in [3.8, 4) is 49.8 Å². The number of hydrogen-bond donors (Lipinski definition) is 1. The fraction of sp³-hybridized carbons (Fsp3) is 0.211. The molecule has 0 amide bonds. The van der Waals surface area contributed by atoms with Crippen LogP contribution in [0, 0.1) is 0 Å². The second-order valence-electron chi connectivity index (χ2n) is 13.0. The average molecular weight is 569 g/mol. The summed E-state index contributed by atoms with van der Waals surface area (Å²) in [6.45, 7) is 13.5. The normalized spacial score (nSPS) is 12.1. The monoisotopic (exact) mass is 568 g/mol. The SMILES string of the molecule is CC(C)(C)c1cc(-c2ccccn2)cc(-c2cc(C(C)(C)C)cc3sc(-c4cc(-c5ccccc5)ccc4O)nc23)c1. The molecule has 0 aliphatic heterocycles. The lowest BCUT2D eigenvalue weighted by atomic mass is 9.82. The highest BCUT2D eigenvalue weighted by molar-refractivity contribution is 7.21. The first-order valence-corrected chi connectivity index (χ1v) is 15.2. The molecule has 0 saturated heterocycles. The standard InChI is InChI=1S/C38H36N2OS/c1-37(2,3)28-19-26(18-27(20-28)32-14-10-11-17-39-32)30-22-29(38(4,5)6)23-34-35(30)40-36(42-34)31-21-25(15-16-33(31)41)24-12-8-7-9-13-24/h7-23,41H,1-6H3. The third kappa shape index (κ3) is 5.47. The van der Waals surface area contributed by atoms with Crippen molar-refractivity contribution in [1.29, 1.82) is 0 Å². The van der Waals surface area contributed by atoms with Crippen molar-refractivity contribution >= 4 is 21.6 Å². The van der Waals surface area contributed by atoms with Crippen molar-refractivity contribution in [2.75, 3.05) is 0 Å². The van der Waals surface area contributed by atoms with Gasteiger partial charge in [0.15, 0.2) is 0 Å². The van der Waals surface area contributed by atoms with E-state index < -0.39 is 0 Å². The molecule has 2 aromatic heterocycles. The molecule has 0 bridgehead atoms. The van der Waals surface area contributed by atoms with Crippen LogP contribution in [0.5, 0.6) is 5.75 Å². The molecule has 0 aliphatic rings. The number of phenols is 1. The minimum Gasteiger partial charge on any atom is -0.507 e. The van der Waals surface area contributed by atoms with E-state index in [2.05, 4.69) is 95.1 Å². The van der Waals surface area contributed by atoms with Gasteiger partial charge in [0.25, 0.3) is 0 Å². The largest absolute Gasteiger partial charge is 0.507 e. The molecule has 0 aliphatic carbocycles. The highest BCUT2D eigenvalue weighted by atomic mass is 32.1. The number of pyridine rings is 1. The van der Waals surface area contributed by atoms with E-state index in [1.54, 1.807) is 17.4 Å². The molecule has 0 saturated carbocycles. The smallest absolute Gasteiger partial charge is 0.128 e. The van der Waals surface area contributed by atoms with Gasteiger partial charge in [-0.05, 0) is 87.2 Å². The highest BCUT2D eigenvalue weighted by Gasteiger charge is 2.23. The molecule has 4 aromatic carbocycles. The van der Waals surface area contributed by atoms with Gasteiger partial charge in [-0.3, -0.25) is 4.98 Å². The van der Waals surface area contributed by atoms with Crippen molar-refractivity contribution in [3.63, 3.8) is 0 Å². The lowest BCUT2D eigenvalue weighted by Gasteiger charge is -2.23. The lowest BCUT2D eigenvalue weighted by molar-refractivity contribution is 0.477. The van der Waals surface area contributed by atoms with Crippen molar-refractivity contribution in [2.24, 2.45) is 0 Å². The number of phenolic OH excluding ortho intramolecular Hbond substituents is 1. The van der Waals surface area contributed by atoms with Crippen LogP contribution in [0.15, 0.2) is 103 Å². The number of aromatic nitrogens is 2. The van der Waals surface area contributed by atoms with Gasteiger partial charge in [-0.2, -0.15) is 0 Å². The second-order valence-corrected chi connectivity index (χ2v) is 14.0. The number of fused-ring (bicyclic) bond motifs is 1. The van der Waals surface area contributed by atoms with E-state index in [0.29, 0.717) is 0 Å². The fourth-order valence-corrected chi connectivity index (χ4v) is 6.27. The Morgan fingerprint density at radius 2 is 1.29 bits per heavy atom. The predicted molar refractivity (Wildman–Crippen MR) is 178 cm³/mol. The van der Waals surface area contributed by atoms with Gasteiger partial charge in [-0.25, -0.2) is 4.98 Å². The highest BCUT2D eigenvalue weighted by Crippen LogP contribution is 2.43. The van der Waals surface area contributed by atoms with Crippen LogP contribution in [0.4, 0.5) is 0 Å². The Balaban J connectivity index is 1.59. The Kier molecular flexibility index (Phi) is 6.98. The molecule has 3 nitrogen and oxygen atoms in total. The van der Waals surface area contributed by atoms with Crippen LogP contribution in [-0.2, 0) is 10.8 Å². The molecule has 0 fully saturated rings. The third-order valence-corrected chi connectivity index (χ3v) is 8.80. The molecule has 4 heteroatoms. The van der Waals surface area contributed by atoms with E-state index >= 15 is 0 Å². The van der Waals surface area contributed by atoms with Crippen molar-refractivity contribution in [2.45, 2.75) is 52.4 Å². The summed E-state index contributed by atoms with van der Waals surface area (Å²) in [6.07, 6.45) is 1.85. The van der Waals surface area contributed by atoms with Crippen LogP contribution < -0.4 is 0 Å². The van der Waals surface area contributed by atoms with E-state index in [0.717, 1.165) is 54.3 Å². The molecule has 1 N–H and O–H groups in total. The number of nitrogens with zero attached hydrogens (tertiary/aromatic N) is 2. The van der Waals surface area contributed by atoms with E-state index in [1.165, 1.54) is 11.1 Å². The zero-order valence-electron chi connectivity index (χ0n) is 25.1. The summed E-state index contributed by atoms with van der Waals surface area (Å²) in [5, 5.41) is 11.8. The van der Waals surface area contributed by atoms with Crippen LogP contribution >= 0.6 is 11.3 Å². The van der Waals surface area contributed by atoms with E-state index in [9.17, 15) is 5.11 Å². The van der Waals surface area contributed by atoms with Crippen LogP contribution in [0.1, 0.15) is 52.7 Å².